The van der Waals surface area contributed by atoms with Crippen molar-refractivity contribution in [3.8, 4) is 39.1 Å². The molecule has 1 aliphatic heterocycles. The molecule has 0 atom stereocenters. The van der Waals surface area contributed by atoms with Gasteiger partial charge in [-0.15, -0.1) is 0 Å². The zero-order valence-corrected chi connectivity index (χ0v) is 20.0. The number of benzene rings is 5. The topological polar surface area (TPSA) is 9.23 Å². The maximum absolute atomic E-state index is 6.21. The number of rotatable bonds is 2. The van der Waals surface area contributed by atoms with E-state index in [0.717, 1.165) is 5.75 Å². The molecule has 7 rings (SSSR count). The quantitative estimate of drug-likeness (QED) is 0.261. The van der Waals surface area contributed by atoms with E-state index in [1.807, 2.05) is 0 Å². The predicted molar refractivity (Wildman–Crippen MR) is 147 cm³/mol. The molecule has 1 heteroatoms. The standard InChI is InChI=1S/C34H26O/c1-34(2)30-21-25(24-16-14-23(15-17-24)22-9-4-3-5-10-22)18-19-28(30)31-26-11-6-7-12-27(26)33-29(32(31)34)13-8-20-35-33/h3-19,21H,20H2,1-2H3. The van der Waals surface area contributed by atoms with Gasteiger partial charge in [-0.25, -0.2) is 0 Å². The van der Waals surface area contributed by atoms with Gasteiger partial charge in [-0.2, -0.15) is 0 Å². The molecule has 0 saturated carbocycles. The Hall–Kier alpha value is -4.10. The minimum atomic E-state index is -0.121. The lowest BCUT2D eigenvalue weighted by Gasteiger charge is -2.27. The SMILES string of the molecule is CC1(C)c2cc(-c3ccc(-c4ccccc4)cc3)ccc2-c2c1c1c(c3ccccc23)OCC=C1. The molecule has 0 N–H and O–H groups in total. The summed E-state index contributed by atoms with van der Waals surface area (Å²) in [5.41, 5.74) is 11.6. The van der Waals surface area contributed by atoms with Gasteiger partial charge in [-0.3, -0.25) is 0 Å². The third-order valence-corrected chi connectivity index (χ3v) is 7.73. The van der Waals surface area contributed by atoms with Crippen LogP contribution in [-0.4, -0.2) is 6.61 Å². The van der Waals surface area contributed by atoms with Crippen molar-refractivity contribution in [3.63, 3.8) is 0 Å². The second kappa shape index (κ2) is 7.45. The number of ether oxygens (including phenoxy) is 1. The second-order valence-corrected chi connectivity index (χ2v) is 10.1. The van der Waals surface area contributed by atoms with E-state index >= 15 is 0 Å². The van der Waals surface area contributed by atoms with Crippen molar-refractivity contribution in [1.82, 2.24) is 0 Å². The van der Waals surface area contributed by atoms with Crippen molar-refractivity contribution in [2.24, 2.45) is 0 Å². The Morgan fingerprint density at radius 3 is 2.06 bits per heavy atom. The summed E-state index contributed by atoms with van der Waals surface area (Å²) < 4.78 is 6.21. The molecule has 0 unspecified atom stereocenters. The summed E-state index contributed by atoms with van der Waals surface area (Å²) >= 11 is 0. The number of fused-ring (bicyclic) bond motifs is 8. The lowest BCUT2D eigenvalue weighted by Crippen LogP contribution is -2.18. The van der Waals surface area contributed by atoms with Gasteiger partial charge < -0.3 is 4.74 Å². The first kappa shape index (κ1) is 20.3. The molecule has 0 radical (unpaired) electrons. The van der Waals surface area contributed by atoms with E-state index in [1.165, 1.54) is 60.8 Å². The second-order valence-electron chi connectivity index (χ2n) is 10.1. The van der Waals surface area contributed by atoms with E-state index in [4.69, 9.17) is 4.74 Å². The van der Waals surface area contributed by atoms with Gasteiger partial charge in [0.25, 0.3) is 0 Å². The van der Waals surface area contributed by atoms with Gasteiger partial charge in [0.15, 0.2) is 0 Å². The fourth-order valence-corrected chi connectivity index (χ4v) is 6.05. The average molecular weight is 451 g/mol. The molecule has 0 fully saturated rings. The highest BCUT2D eigenvalue weighted by atomic mass is 16.5. The molecule has 1 nitrogen and oxygen atoms in total. The van der Waals surface area contributed by atoms with E-state index in [9.17, 15) is 0 Å². The highest BCUT2D eigenvalue weighted by Gasteiger charge is 2.40. The largest absolute Gasteiger partial charge is 0.488 e. The van der Waals surface area contributed by atoms with Gasteiger partial charge >= 0.3 is 0 Å². The summed E-state index contributed by atoms with van der Waals surface area (Å²) in [4.78, 5) is 0. The van der Waals surface area contributed by atoms with Gasteiger partial charge in [0.2, 0.25) is 0 Å². The zero-order valence-electron chi connectivity index (χ0n) is 20.0. The van der Waals surface area contributed by atoms with Crippen LogP contribution in [-0.2, 0) is 5.41 Å². The lowest BCUT2D eigenvalue weighted by atomic mass is 9.78. The van der Waals surface area contributed by atoms with Crippen molar-refractivity contribution in [3.05, 3.63) is 120 Å². The number of hydrogen-bond acceptors (Lipinski definition) is 1. The highest BCUT2D eigenvalue weighted by molar-refractivity contribution is 6.08. The zero-order chi connectivity index (χ0) is 23.6. The molecule has 0 spiro atoms. The Morgan fingerprint density at radius 2 is 1.29 bits per heavy atom. The van der Waals surface area contributed by atoms with Crippen LogP contribution in [0.3, 0.4) is 0 Å². The Morgan fingerprint density at radius 1 is 0.657 bits per heavy atom. The molecule has 0 amide bonds. The van der Waals surface area contributed by atoms with E-state index in [2.05, 4.69) is 123 Å². The van der Waals surface area contributed by atoms with Crippen LogP contribution in [0.25, 0.3) is 50.2 Å². The molecule has 0 bridgehead atoms. The van der Waals surface area contributed by atoms with Gasteiger partial charge in [-0.1, -0.05) is 111 Å². The van der Waals surface area contributed by atoms with Crippen LogP contribution >= 0.6 is 0 Å². The maximum atomic E-state index is 6.21. The molecule has 0 saturated heterocycles. The summed E-state index contributed by atoms with van der Waals surface area (Å²) in [6.45, 7) is 5.35. The molecule has 168 valence electrons. The van der Waals surface area contributed by atoms with E-state index < -0.39 is 0 Å². The normalized spacial score (nSPS) is 14.8. The molecule has 5 aromatic rings. The molecule has 1 heterocycles. The maximum Gasteiger partial charge on any atom is 0.135 e. The smallest absolute Gasteiger partial charge is 0.135 e. The molecule has 5 aromatic carbocycles. The van der Waals surface area contributed by atoms with Gasteiger partial charge in [-0.05, 0) is 62.0 Å². The summed E-state index contributed by atoms with van der Waals surface area (Å²) in [6.07, 6.45) is 4.40. The minimum Gasteiger partial charge on any atom is -0.488 e. The summed E-state index contributed by atoms with van der Waals surface area (Å²) in [5.74, 6) is 1.03. The van der Waals surface area contributed by atoms with Crippen molar-refractivity contribution >= 4 is 16.8 Å². The predicted octanol–water partition coefficient (Wildman–Crippen LogP) is 8.89. The van der Waals surface area contributed by atoms with Crippen LogP contribution in [0.5, 0.6) is 5.75 Å². The summed E-state index contributed by atoms with van der Waals surface area (Å²) in [5, 5.41) is 2.48. The molecule has 0 aromatic heterocycles. The molecule has 2 aliphatic rings. The summed E-state index contributed by atoms with van der Waals surface area (Å²) in [7, 11) is 0. The van der Waals surface area contributed by atoms with Crippen LogP contribution < -0.4 is 4.74 Å². The van der Waals surface area contributed by atoms with Crippen LogP contribution in [0.2, 0.25) is 0 Å². The Kier molecular flexibility index (Phi) is 4.32. The first-order valence-electron chi connectivity index (χ1n) is 12.3. The average Bonchev–Trinajstić information content (AvgIpc) is 3.16. The first-order valence-corrected chi connectivity index (χ1v) is 12.3. The monoisotopic (exact) mass is 450 g/mol. The van der Waals surface area contributed by atoms with Crippen molar-refractivity contribution in [2.45, 2.75) is 19.3 Å². The minimum absolute atomic E-state index is 0.121. The Bertz CT molecular complexity index is 1640. The lowest BCUT2D eigenvalue weighted by molar-refractivity contribution is 0.362. The van der Waals surface area contributed by atoms with E-state index in [-0.39, 0.29) is 5.41 Å². The van der Waals surface area contributed by atoms with Crippen LogP contribution in [0.15, 0.2) is 103 Å². The van der Waals surface area contributed by atoms with Crippen LogP contribution in [0, 0.1) is 0 Å². The third kappa shape index (κ3) is 2.94. The van der Waals surface area contributed by atoms with E-state index in [1.54, 1.807) is 0 Å². The van der Waals surface area contributed by atoms with Crippen LogP contribution in [0.1, 0.15) is 30.5 Å². The van der Waals surface area contributed by atoms with Gasteiger partial charge in [0.1, 0.15) is 12.4 Å². The fraction of sp³-hybridized carbons (Fsp3) is 0.118. The molecule has 1 aliphatic carbocycles. The molecular weight excluding hydrogens is 424 g/mol. The van der Waals surface area contributed by atoms with Crippen molar-refractivity contribution in [2.75, 3.05) is 6.61 Å². The van der Waals surface area contributed by atoms with Crippen LogP contribution in [0.4, 0.5) is 0 Å². The van der Waals surface area contributed by atoms with E-state index in [0.29, 0.717) is 6.61 Å². The first-order chi connectivity index (χ1) is 17.1. The Labute approximate surface area is 206 Å². The molecular formula is C34H26O. The third-order valence-electron chi connectivity index (χ3n) is 7.73. The van der Waals surface area contributed by atoms with Gasteiger partial charge in [0, 0.05) is 16.4 Å². The van der Waals surface area contributed by atoms with Crippen molar-refractivity contribution in [1.29, 1.82) is 0 Å². The highest BCUT2D eigenvalue weighted by Crippen LogP contribution is 2.56. The molecule has 35 heavy (non-hydrogen) atoms. The van der Waals surface area contributed by atoms with Gasteiger partial charge in [0.05, 0.1) is 0 Å². The summed E-state index contributed by atoms with van der Waals surface area (Å²) in [6, 6.07) is 35.2. The van der Waals surface area contributed by atoms with Crippen molar-refractivity contribution < 1.29 is 4.74 Å². The number of hydrogen-bond donors (Lipinski definition) is 0. The fourth-order valence-electron chi connectivity index (χ4n) is 6.05. The Balaban J connectivity index is 1.40.